The third kappa shape index (κ3) is 24.4. The van der Waals surface area contributed by atoms with Crippen LogP contribution >= 0.6 is 42.5 Å². The van der Waals surface area contributed by atoms with Crippen LogP contribution in [0.25, 0.3) is 54.5 Å². The van der Waals surface area contributed by atoms with Crippen molar-refractivity contribution in [3.8, 4) is 0 Å². The third-order valence-electron chi connectivity index (χ3n) is 28.9. The zero-order valence-corrected chi connectivity index (χ0v) is 83.0. The van der Waals surface area contributed by atoms with Crippen molar-refractivity contribution in [1.82, 2.24) is 68.1 Å². The second-order valence-electron chi connectivity index (χ2n) is 38.9. The molecule has 9 aliphatic rings. The molecular weight excluding hydrogens is 1960 g/mol. The highest BCUT2D eigenvalue weighted by Gasteiger charge is 2.56. The Morgan fingerprint density at radius 1 is 0.438 bits per heavy atom. The fraction of sp³-hybridized carbons (Fsp3) is 0.500. The lowest BCUT2D eigenvalue weighted by Gasteiger charge is -2.41. The fourth-order valence-corrected chi connectivity index (χ4v) is 25.8. The Kier molecular flexibility index (Phi) is 32.0. The molecule has 9 fully saturated rings. The van der Waals surface area contributed by atoms with Gasteiger partial charge in [-0.25, -0.2) is 25.3 Å². The minimum atomic E-state index is -4.52. The molecule has 6 atom stereocenters. The Bertz CT molecular complexity index is 6370. The molecule has 9 heterocycles. The normalized spacial score (nSPS) is 21.1. The van der Waals surface area contributed by atoms with Crippen molar-refractivity contribution in [3.63, 3.8) is 0 Å². The Morgan fingerprint density at radius 3 is 1.03 bits per heavy atom. The Hall–Kier alpha value is -9.14. The second-order valence-corrected chi connectivity index (χ2v) is 46.7. The molecule has 5 aliphatic carbocycles. The van der Waals surface area contributed by atoms with Crippen LogP contribution in [0.5, 0.6) is 0 Å². The SMILES string of the molecule is CC1CC2CCC(C1)N2C(=O)C(NS(=O)(=O)c1ccc2nn(CC3CCCC3)cc2c1)C(F)(F)c1ccc(Br)cc1.NC1CC2CCC(C1)N2C(=O)C(NS(=O)(=O)c1ccc2nn(CC3CCCC3)cc2c1)C(F)(F)c1ccc(Br)cc1.Nc1ccc2nn(CC3CCCC3)cc2c1.O=S(=O)(Cl)c1ccc2nn(CC3CCCC3)cc2c1.O=[N+]([O-])c1ccc2nn(CC3CCCC3)cc2c1.[B][B]. The van der Waals surface area contributed by atoms with E-state index in [9.17, 15) is 45.0 Å². The number of anilines is 1. The Labute approximate surface area is 820 Å². The van der Waals surface area contributed by atoms with Gasteiger partial charge in [0.15, 0.2) is 12.1 Å². The van der Waals surface area contributed by atoms with Crippen molar-refractivity contribution >= 4 is 165 Å². The maximum atomic E-state index is 16.2. The average molecular weight is 2080 g/mol. The van der Waals surface area contributed by atoms with Crippen molar-refractivity contribution in [2.75, 3.05) is 5.73 Å². The van der Waals surface area contributed by atoms with Crippen LogP contribution in [0.3, 0.4) is 0 Å². The predicted octanol–water partition coefficient (Wildman–Crippen LogP) is 19.5. The number of non-ortho nitro benzene ring substituents is 1. The lowest BCUT2D eigenvalue weighted by Crippen LogP contribution is -2.60. The summed E-state index contributed by atoms with van der Waals surface area (Å²) in [7, 11) is 0.659. The van der Waals surface area contributed by atoms with Crippen molar-refractivity contribution in [1.29, 1.82) is 0 Å². The van der Waals surface area contributed by atoms with E-state index in [1.807, 2.05) is 49.3 Å². The lowest BCUT2D eigenvalue weighted by atomic mass is 9.81. The molecular formula is C98H116B2Br2ClF4N17O10S3. The number of amides is 2. The van der Waals surface area contributed by atoms with Crippen LogP contribution in [0.4, 0.5) is 28.9 Å². The molecule has 4 radical (unpaired) electrons. The lowest BCUT2D eigenvalue weighted by molar-refractivity contribution is -0.384. The first-order valence-electron chi connectivity index (χ1n) is 47.8. The monoisotopic (exact) mass is 2080 g/mol. The summed E-state index contributed by atoms with van der Waals surface area (Å²) in [5.74, 6) is -5.68. The van der Waals surface area contributed by atoms with Crippen LogP contribution in [0.1, 0.15) is 198 Å². The number of nitrogens with zero attached hydrogens (tertiary/aromatic N) is 13. The summed E-state index contributed by atoms with van der Waals surface area (Å²) in [6.07, 6.45) is 40.0. The van der Waals surface area contributed by atoms with Gasteiger partial charge in [0.25, 0.3) is 26.6 Å². The number of piperidine rings is 2. The summed E-state index contributed by atoms with van der Waals surface area (Å²) in [6, 6.07) is 29.3. The van der Waals surface area contributed by atoms with E-state index in [1.54, 1.807) is 48.8 Å². The molecule has 0 spiro atoms. The fourth-order valence-electron chi connectivity index (χ4n) is 22.0. The molecule has 12 aromatic rings. The molecule has 137 heavy (non-hydrogen) atoms. The van der Waals surface area contributed by atoms with Crippen LogP contribution in [-0.2, 0) is 83.3 Å². The van der Waals surface area contributed by atoms with E-state index in [4.69, 9.17) is 22.1 Å². The molecule has 6 unspecified atom stereocenters. The number of carbonyl (C=O) groups is 2. The first-order valence-corrected chi connectivity index (χ1v) is 54.7. The van der Waals surface area contributed by atoms with Gasteiger partial charge >= 0.3 is 0 Å². The van der Waals surface area contributed by atoms with Gasteiger partial charge < -0.3 is 21.3 Å². The van der Waals surface area contributed by atoms with Crippen molar-refractivity contribution < 1.29 is 57.3 Å². The molecule has 4 saturated heterocycles. The molecule has 5 aromatic heterocycles. The van der Waals surface area contributed by atoms with E-state index < -0.39 is 76.0 Å². The topological polar surface area (TPSA) is 351 Å². The molecule has 726 valence electrons. The van der Waals surface area contributed by atoms with E-state index in [0.29, 0.717) is 86.0 Å². The second kappa shape index (κ2) is 43.5. The molecule has 27 nitrogen and oxygen atoms in total. The quantitative estimate of drug-likeness (QED) is 0.0109. The summed E-state index contributed by atoms with van der Waals surface area (Å²) in [5.41, 5.74) is 15.9. The summed E-state index contributed by atoms with van der Waals surface area (Å²) >= 11 is 6.50. The number of nitro groups is 1. The van der Waals surface area contributed by atoms with E-state index in [0.717, 1.165) is 128 Å². The van der Waals surface area contributed by atoms with Crippen LogP contribution < -0.4 is 20.9 Å². The first kappa shape index (κ1) is 101. The van der Waals surface area contributed by atoms with Gasteiger partial charge in [0.1, 0.15) is 0 Å². The number of nitro benzene ring substituents is 1. The van der Waals surface area contributed by atoms with Gasteiger partial charge in [-0.05, 0) is 254 Å². The minimum absolute atomic E-state index is 0.111. The molecule has 21 rings (SSSR count). The number of nitrogens with two attached hydrogens (primary N) is 2. The Balaban J connectivity index is 0.000000131. The number of hydrogen-bond donors (Lipinski definition) is 4. The van der Waals surface area contributed by atoms with Gasteiger partial charge in [0, 0.05) is 185 Å². The maximum absolute atomic E-state index is 16.2. The smallest absolute Gasteiger partial charge is 0.298 e. The molecule has 39 heteroatoms. The van der Waals surface area contributed by atoms with Gasteiger partial charge in [-0.3, -0.25) is 43.1 Å². The van der Waals surface area contributed by atoms with Crippen LogP contribution in [-0.4, -0.2) is 158 Å². The number of fused-ring (bicyclic) bond motifs is 9. The number of nitrogens with one attached hydrogen (secondary N) is 2. The molecule has 7 aromatic carbocycles. The van der Waals surface area contributed by atoms with Crippen molar-refractivity contribution in [2.45, 2.75) is 288 Å². The van der Waals surface area contributed by atoms with Gasteiger partial charge in [-0.15, -0.1) is 0 Å². The molecule has 4 bridgehead atoms. The number of rotatable bonds is 24. The highest BCUT2D eigenvalue weighted by Crippen LogP contribution is 2.45. The highest BCUT2D eigenvalue weighted by atomic mass is 79.9. The molecule has 6 N–H and O–H groups in total. The zero-order valence-electron chi connectivity index (χ0n) is 76.6. The molecule has 2 amide bonds. The Morgan fingerprint density at radius 2 is 0.715 bits per heavy atom. The van der Waals surface area contributed by atoms with Crippen molar-refractivity contribution in [2.24, 2.45) is 41.2 Å². The third-order valence-corrected chi connectivity index (χ3v) is 34.1. The summed E-state index contributed by atoms with van der Waals surface area (Å²) < 4.78 is 157. The number of carbonyl (C=O) groups excluding carboxylic acids is 2. The standard InChI is InChI=1S/C30H35BrF2N4O3S.C29H34BrF2N5O3S.C13H15ClN2O2S.C13H15N3O2.C13H17N3.B2/c1-19-14-24-10-11-25(15-19)37(24)29(38)28(30(32,33)22-6-8-23(31)9-7-22)35-41(39,40)26-12-13-27-21(16-26)18-36(34-27)17-20-4-2-3-5-20;30-21-7-5-20(6-8-21)29(31,32)27(28(38)37-23-9-10-24(37)15-22(33)14-23)35-41(39,40)25-11-12-26-19(13-25)17-36(34-26)16-18-3-1-2-4-18;14-19(17,18)12-5-6-13-11(7-12)9-16(15-13)8-10-3-1-2-4-10;17-16(18)12-5-6-13-11(7-12)9-15(14-13)8-10-3-1-2-4-10;14-12-5-6-13-11(7-12)9-16(15-13)8-10-3-1-2-4-10;1-2/h6-9,12-13,16,18-20,24-25,28,35H,2-5,10-11,14-15,17H2,1H3;5-8,11-13,17-18,22-24,27,35H,1-4,9-10,14-16,33H2;5-7,9-10H,1-4,8H2;5-7,9-10H,1-4,8H2;5-7,9-10H,1-4,8,14H2;. The van der Waals surface area contributed by atoms with E-state index in [-0.39, 0.29) is 55.5 Å². The van der Waals surface area contributed by atoms with Gasteiger partial charge in [0.05, 0.1) is 47.2 Å². The summed E-state index contributed by atoms with van der Waals surface area (Å²) in [5, 5.41) is 37.4. The zero-order chi connectivity index (χ0) is 96.8. The van der Waals surface area contributed by atoms with Gasteiger partial charge in [-0.1, -0.05) is 127 Å². The van der Waals surface area contributed by atoms with Crippen LogP contribution in [0.2, 0.25) is 0 Å². The largest absolute Gasteiger partial charge is 0.399 e. The van der Waals surface area contributed by atoms with Gasteiger partial charge in [-0.2, -0.15) is 52.5 Å². The van der Waals surface area contributed by atoms with Gasteiger partial charge in [0.2, 0.25) is 31.9 Å². The summed E-state index contributed by atoms with van der Waals surface area (Å²) in [4.78, 5) is 40.9. The van der Waals surface area contributed by atoms with E-state index in [1.165, 1.54) is 197 Å². The van der Waals surface area contributed by atoms with Crippen LogP contribution in [0, 0.1) is 45.6 Å². The minimum Gasteiger partial charge on any atom is -0.399 e. The highest BCUT2D eigenvalue weighted by molar-refractivity contribution is 9.10. The van der Waals surface area contributed by atoms with E-state index in [2.05, 4.69) is 100 Å². The number of hydrogen-bond acceptors (Lipinski definition) is 17. The van der Waals surface area contributed by atoms with E-state index >= 15 is 17.6 Å². The number of sulfonamides is 2. The molecule has 5 saturated carbocycles. The molecule has 4 aliphatic heterocycles. The van der Waals surface area contributed by atoms with Crippen molar-refractivity contribution in [3.05, 3.63) is 201 Å². The van der Waals surface area contributed by atoms with Crippen LogP contribution in [0.15, 0.2) is 194 Å². The number of benzene rings is 7. The maximum Gasteiger partial charge on any atom is 0.298 e. The number of aromatic nitrogens is 10. The number of alkyl halides is 4. The first-order chi connectivity index (χ1) is 65.6. The predicted molar refractivity (Wildman–Crippen MR) is 531 cm³/mol. The average Bonchev–Trinajstić information content (AvgIpc) is 1.71. The number of nitrogen functional groups attached to an aromatic ring is 1. The number of halogens is 7. The summed E-state index contributed by atoms with van der Waals surface area (Å²) in [6.45, 7) is 6.54.